The predicted molar refractivity (Wildman–Crippen MR) is 113 cm³/mol. The molecule has 1 aliphatic heterocycles. The molecule has 7 nitrogen and oxygen atoms in total. The average molecular weight is 393 g/mol. The number of nitrogens with one attached hydrogen (secondary N) is 1. The van der Waals surface area contributed by atoms with Crippen LogP contribution in [0.2, 0.25) is 0 Å². The summed E-state index contributed by atoms with van der Waals surface area (Å²) in [6.07, 6.45) is 4.62. The minimum absolute atomic E-state index is 0.103. The van der Waals surface area contributed by atoms with Crippen molar-refractivity contribution in [1.29, 1.82) is 0 Å². The molecule has 7 heteroatoms. The van der Waals surface area contributed by atoms with Gasteiger partial charge < -0.3 is 19.5 Å². The monoisotopic (exact) mass is 393 g/mol. The second-order valence-corrected chi connectivity index (χ2v) is 7.24. The SMILES string of the molecule is CCCc1nc2cccnc2n1C1CCN(C(=O)Nc2ccccc2OCC)C1. The molecule has 2 amide bonds. The third-order valence-corrected chi connectivity index (χ3v) is 5.24. The Balaban J connectivity index is 1.52. The van der Waals surface area contributed by atoms with E-state index in [2.05, 4.69) is 21.8 Å². The molecule has 2 aromatic heterocycles. The quantitative estimate of drug-likeness (QED) is 0.679. The number of imidazole rings is 1. The fraction of sp³-hybridized carbons (Fsp3) is 0.409. The van der Waals surface area contributed by atoms with Gasteiger partial charge in [0.25, 0.3) is 0 Å². The normalized spacial score (nSPS) is 16.3. The van der Waals surface area contributed by atoms with Crippen molar-refractivity contribution in [3.63, 3.8) is 0 Å². The lowest BCUT2D eigenvalue weighted by Crippen LogP contribution is -2.33. The molecule has 0 aliphatic carbocycles. The molecule has 1 N–H and O–H groups in total. The zero-order valence-electron chi connectivity index (χ0n) is 17.0. The van der Waals surface area contributed by atoms with Gasteiger partial charge in [0.1, 0.15) is 17.1 Å². The summed E-state index contributed by atoms with van der Waals surface area (Å²) in [4.78, 5) is 24.1. The van der Waals surface area contributed by atoms with Crippen LogP contribution in [0, 0.1) is 0 Å². The Morgan fingerprint density at radius 3 is 2.93 bits per heavy atom. The third-order valence-electron chi connectivity index (χ3n) is 5.24. The summed E-state index contributed by atoms with van der Waals surface area (Å²) in [5.74, 6) is 1.74. The number of benzene rings is 1. The molecule has 0 spiro atoms. The fourth-order valence-corrected chi connectivity index (χ4v) is 3.94. The van der Waals surface area contributed by atoms with Crippen molar-refractivity contribution in [1.82, 2.24) is 19.4 Å². The Bertz CT molecular complexity index is 1000. The molecule has 4 rings (SSSR count). The van der Waals surface area contributed by atoms with Crippen molar-refractivity contribution in [2.75, 3.05) is 25.0 Å². The van der Waals surface area contributed by atoms with E-state index in [1.165, 1.54) is 0 Å². The van der Waals surface area contributed by atoms with Gasteiger partial charge in [-0.15, -0.1) is 0 Å². The Labute approximate surface area is 170 Å². The van der Waals surface area contributed by atoms with Crippen LogP contribution in [0.25, 0.3) is 11.2 Å². The topological polar surface area (TPSA) is 72.3 Å². The molecule has 1 aliphatic rings. The first-order chi connectivity index (χ1) is 14.2. The van der Waals surface area contributed by atoms with Crippen molar-refractivity contribution >= 4 is 22.9 Å². The minimum atomic E-state index is -0.103. The molecule has 0 bridgehead atoms. The van der Waals surface area contributed by atoms with Crippen LogP contribution >= 0.6 is 0 Å². The Morgan fingerprint density at radius 1 is 1.24 bits per heavy atom. The molecule has 0 saturated carbocycles. The van der Waals surface area contributed by atoms with Gasteiger partial charge in [0.05, 0.1) is 18.3 Å². The third kappa shape index (κ3) is 3.90. The lowest BCUT2D eigenvalue weighted by atomic mass is 10.2. The van der Waals surface area contributed by atoms with E-state index in [0.717, 1.165) is 36.3 Å². The summed E-state index contributed by atoms with van der Waals surface area (Å²) >= 11 is 0. The van der Waals surface area contributed by atoms with Crippen LogP contribution in [0.5, 0.6) is 5.75 Å². The smallest absolute Gasteiger partial charge is 0.322 e. The molecule has 0 radical (unpaired) electrons. The number of aryl methyl sites for hydroxylation is 1. The first kappa shape index (κ1) is 19.2. The molecule has 1 atom stereocenters. The summed E-state index contributed by atoms with van der Waals surface area (Å²) in [6, 6.07) is 11.5. The number of para-hydroxylation sites is 2. The van der Waals surface area contributed by atoms with Crippen LogP contribution in [-0.2, 0) is 6.42 Å². The van der Waals surface area contributed by atoms with Crippen molar-refractivity contribution < 1.29 is 9.53 Å². The number of amides is 2. The molecule has 1 saturated heterocycles. The molecule has 152 valence electrons. The predicted octanol–water partition coefficient (Wildman–Crippen LogP) is 4.26. The number of carbonyl (C=O) groups is 1. The first-order valence-electron chi connectivity index (χ1n) is 10.3. The molecule has 3 aromatic rings. The number of fused-ring (bicyclic) bond motifs is 1. The maximum absolute atomic E-state index is 12.9. The number of likely N-dealkylation sites (tertiary alicyclic amines) is 1. The van der Waals surface area contributed by atoms with Crippen molar-refractivity contribution in [3.8, 4) is 5.75 Å². The highest BCUT2D eigenvalue weighted by molar-refractivity contribution is 5.91. The molecule has 3 heterocycles. The maximum Gasteiger partial charge on any atom is 0.322 e. The minimum Gasteiger partial charge on any atom is -0.492 e. The molecule has 1 fully saturated rings. The summed E-state index contributed by atoms with van der Waals surface area (Å²) < 4.78 is 7.85. The molecule has 1 unspecified atom stereocenters. The number of ether oxygens (including phenoxy) is 1. The van der Waals surface area contributed by atoms with E-state index in [4.69, 9.17) is 9.72 Å². The number of pyridine rings is 1. The van der Waals surface area contributed by atoms with E-state index >= 15 is 0 Å². The Kier molecular flexibility index (Phi) is 5.64. The molecule has 29 heavy (non-hydrogen) atoms. The zero-order chi connectivity index (χ0) is 20.2. The fourth-order valence-electron chi connectivity index (χ4n) is 3.94. The number of hydrogen-bond donors (Lipinski definition) is 1. The van der Waals surface area contributed by atoms with Crippen LogP contribution in [-0.4, -0.2) is 45.2 Å². The number of aromatic nitrogens is 3. The van der Waals surface area contributed by atoms with Gasteiger partial charge in [-0.3, -0.25) is 0 Å². The largest absolute Gasteiger partial charge is 0.492 e. The Morgan fingerprint density at radius 2 is 2.10 bits per heavy atom. The van der Waals surface area contributed by atoms with E-state index < -0.39 is 0 Å². The number of urea groups is 1. The highest BCUT2D eigenvalue weighted by Gasteiger charge is 2.30. The standard InChI is InChI=1S/C22H27N5O2/c1-3-8-20-24-18-10-7-13-23-21(18)27(20)16-12-14-26(15-16)22(28)25-17-9-5-6-11-19(17)29-4-2/h5-7,9-11,13,16H,3-4,8,12,14-15H2,1-2H3,(H,25,28). The number of nitrogens with zero attached hydrogens (tertiary/aromatic N) is 4. The number of hydrogen-bond acceptors (Lipinski definition) is 4. The summed E-state index contributed by atoms with van der Waals surface area (Å²) in [6.45, 7) is 5.98. The van der Waals surface area contributed by atoms with E-state index in [0.29, 0.717) is 31.1 Å². The second kappa shape index (κ2) is 8.51. The molecular weight excluding hydrogens is 366 g/mol. The lowest BCUT2D eigenvalue weighted by Gasteiger charge is -2.20. The van der Waals surface area contributed by atoms with Gasteiger partial charge in [-0.1, -0.05) is 19.1 Å². The second-order valence-electron chi connectivity index (χ2n) is 7.24. The first-order valence-corrected chi connectivity index (χ1v) is 10.3. The number of rotatable bonds is 6. The highest BCUT2D eigenvalue weighted by Crippen LogP contribution is 2.29. The van der Waals surface area contributed by atoms with Gasteiger partial charge in [-0.25, -0.2) is 14.8 Å². The van der Waals surface area contributed by atoms with Crippen LogP contribution in [0.1, 0.15) is 38.6 Å². The summed E-state index contributed by atoms with van der Waals surface area (Å²) in [5, 5.41) is 3.00. The van der Waals surface area contributed by atoms with Crippen LogP contribution in [0.3, 0.4) is 0 Å². The van der Waals surface area contributed by atoms with E-state index in [-0.39, 0.29) is 12.1 Å². The summed E-state index contributed by atoms with van der Waals surface area (Å²) in [7, 11) is 0. The van der Waals surface area contributed by atoms with Gasteiger partial charge in [0.15, 0.2) is 5.65 Å². The Hall–Kier alpha value is -3.09. The molecular formula is C22H27N5O2. The van der Waals surface area contributed by atoms with Gasteiger partial charge >= 0.3 is 6.03 Å². The lowest BCUT2D eigenvalue weighted by molar-refractivity contribution is 0.220. The molecule has 1 aromatic carbocycles. The van der Waals surface area contributed by atoms with Gasteiger partial charge in [-0.2, -0.15) is 0 Å². The summed E-state index contributed by atoms with van der Waals surface area (Å²) in [5.41, 5.74) is 2.53. The van der Waals surface area contributed by atoms with Gasteiger partial charge in [0.2, 0.25) is 0 Å². The van der Waals surface area contributed by atoms with Crippen LogP contribution in [0.4, 0.5) is 10.5 Å². The van der Waals surface area contributed by atoms with Gasteiger partial charge in [-0.05, 0) is 44.0 Å². The number of carbonyl (C=O) groups excluding carboxylic acids is 1. The van der Waals surface area contributed by atoms with Crippen molar-refractivity contribution in [3.05, 3.63) is 48.4 Å². The maximum atomic E-state index is 12.9. The van der Waals surface area contributed by atoms with E-state index in [1.54, 1.807) is 6.20 Å². The average Bonchev–Trinajstić information content (AvgIpc) is 3.34. The highest BCUT2D eigenvalue weighted by atomic mass is 16.5. The van der Waals surface area contributed by atoms with E-state index in [9.17, 15) is 4.79 Å². The van der Waals surface area contributed by atoms with E-state index in [1.807, 2.05) is 48.2 Å². The van der Waals surface area contributed by atoms with Gasteiger partial charge in [0, 0.05) is 25.7 Å². The van der Waals surface area contributed by atoms with Crippen LogP contribution in [0.15, 0.2) is 42.6 Å². The van der Waals surface area contributed by atoms with Crippen molar-refractivity contribution in [2.45, 2.75) is 39.2 Å². The number of anilines is 1. The zero-order valence-corrected chi connectivity index (χ0v) is 17.0. The van der Waals surface area contributed by atoms with Crippen LogP contribution < -0.4 is 10.1 Å². The van der Waals surface area contributed by atoms with Crippen molar-refractivity contribution in [2.24, 2.45) is 0 Å².